The smallest absolute Gasteiger partial charge is 0.263 e. The quantitative estimate of drug-likeness (QED) is 0.409. The molecule has 0 atom stereocenters. The summed E-state index contributed by atoms with van der Waals surface area (Å²) in [6.07, 6.45) is 5.45. The predicted molar refractivity (Wildman–Crippen MR) is 89.6 cm³/mol. The van der Waals surface area contributed by atoms with Crippen LogP contribution in [-0.4, -0.2) is 22.5 Å². The molecule has 0 fully saturated rings. The Morgan fingerprint density at radius 1 is 1.25 bits per heavy atom. The van der Waals surface area contributed by atoms with Crippen molar-refractivity contribution in [2.75, 3.05) is 6.54 Å². The van der Waals surface area contributed by atoms with Crippen molar-refractivity contribution < 1.29 is 9.90 Å². The first-order chi connectivity index (χ1) is 11.7. The van der Waals surface area contributed by atoms with Crippen LogP contribution in [0.3, 0.4) is 0 Å². The molecule has 0 aliphatic rings. The molecule has 0 aliphatic heterocycles. The molecule has 0 aliphatic carbocycles. The van der Waals surface area contributed by atoms with E-state index in [9.17, 15) is 9.90 Å². The van der Waals surface area contributed by atoms with E-state index < -0.39 is 5.91 Å². The fourth-order valence-corrected chi connectivity index (χ4v) is 1.98. The number of aromatic hydroxyl groups is 1. The Bertz CT molecular complexity index is 734. The van der Waals surface area contributed by atoms with Crippen LogP contribution in [0, 0.1) is 11.3 Å². The molecule has 1 aromatic carbocycles. The molecule has 0 spiro atoms. The zero-order chi connectivity index (χ0) is 17.2. The maximum atomic E-state index is 12.0. The van der Waals surface area contributed by atoms with Crippen LogP contribution in [0.4, 0.5) is 0 Å². The van der Waals surface area contributed by atoms with E-state index in [1.807, 2.05) is 24.3 Å². The van der Waals surface area contributed by atoms with Crippen molar-refractivity contribution in [1.82, 2.24) is 15.6 Å². The summed E-state index contributed by atoms with van der Waals surface area (Å²) in [5.41, 5.74) is 1.93. The molecule has 0 saturated heterocycles. The predicted octanol–water partition coefficient (Wildman–Crippen LogP) is 1.64. The molecule has 0 radical (unpaired) electrons. The van der Waals surface area contributed by atoms with Crippen LogP contribution in [0.5, 0.6) is 5.75 Å². The van der Waals surface area contributed by atoms with E-state index in [0.717, 1.165) is 11.1 Å². The molecule has 6 heteroatoms. The van der Waals surface area contributed by atoms with Crippen LogP contribution in [0.2, 0.25) is 0 Å². The molecule has 0 unspecified atom stereocenters. The summed E-state index contributed by atoms with van der Waals surface area (Å²) in [5, 5.41) is 23.9. The highest BCUT2D eigenvalue weighted by molar-refractivity contribution is 5.97. The first-order valence-corrected chi connectivity index (χ1v) is 7.47. The lowest BCUT2D eigenvalue weighted by molar-refractivity contribution is -0.117. The topological polar surface area (TPSA) is 98.0 Å². The van der Waals surface area contributed by atoms with Gasteiger partial charge in [-0.15, -0.1) is 0 Å². The fraction of sp³-hybridized carbons (Fsp3) is 0.167. The number of phenolic OH excluding ortho intramolecular Hbond substituents is 1. The second-order valence-corrected chi connectivity index (χ2v) is 5.08. The molecule has 2 aromatic rings. The maximum Gasteiger partial charge on any atom is 0.263 e. The van der Waals surface area contributed by atoms with E-state index in [1.54, 1.807) is 30.6 Å². The third-order valence-electron chi connectivity index (χ3n) is 3.28. The fourth-order valence-electron chi connectivity index (χ4n) is 1.98. The zero-order valence-electron chi connectivity index (χ0n) is 13.1. The van der Waals surface area contributed by atoms with Gasteiger partial charge in [0, 0.05) is 31.7 Å². The normalized spacial score (nSPS) is 10.7. The SMILES string of the molecule is N#C/C(=C/NCCc1ccc(O)cc1)C(=O)NCc1cccnc1. The van der Waals surface area contributed by atoms with Gasteiger partial charge in [0.25, 0.3) is 5.91 Å². The van der Waals surface area contributed by atoms with Crippen molar-refractivity contribution in [3.05, 3.63) is 71.7 Å². The molecule has 1 amide bonds. The summed E-state index contributed by atoms with van der Waals surface area (Å²) in [6, 6.07) is 12.4. The number of pyridine rings is 1. The van der Waals surface area contributed by atoms with E-state index in [2.05, 4.69) is 15.6 Å². The monoisotopic (exact) mass is 322 g/mol. The average molecular weight is 322 g/mol. The number of phenols is 1. The number of carbonyl (C=O) groups is 1. The second-order valence-electron chi connectivity index (χ2n) is 5.08. The minimum absolute atomic E-state index is 0.0181. The molecular formula is C18H18N4O2. The molecule has 24 heavy (non-hydrogen) atoms. The van der Waals surface area contributed by atoms with Gasteiger partial charge in [-0.1, -0.05) is 18.2 Å². The highest BCUT2D eigenvalue weighted by atomic mass is 16.3. The number of benzene rings is 1. The third kappa shape index (κ3) is 5.46. The number of aromatic nitrogens is 1. The van der Waals surface area contributed by atoms with Gasteiger partial charge < -0.3 is 15.7 Å². The zero-order valence-corrected chi connectivity index (χ0v) is 13.1. The minimum atomic E-state index is -0.432. The molecule has 1 heterocycles. The molecule has 2 rings (SSSR count). The number of nitriles is 1. The van der Waals surface area contributed by atoms with Gasteiger partial charge in [-0.3, -0.25) is 9.78 Å². The number of hydrogen-bond donors (Lipinski definition) is 3. The van der Waals surface area contributed by atoms with Gasteiger partial charge in [0.2, 0.25) is 0 Å². The number of hydrogen-bond acceptors (Lipinski definition) is 5. The van der Waals surface area contributed by atoms with Crippen LogP contribution < -0.4 is 10.6 Å². The molecule has 122 valence electrons. The van der Waals surface area contributed by atoms with Gasteiger partial charge in [-0.2, -0.15) is 5.26 Å². The van der Waals surface area contributed by atoms with Gasteiger partial charge in [-0.05, 0) is 35.7 Å². The maximum absolute atomic E-state index is 12.0. The van der Waals surface area contributed by atoms with Crippen molar-refractivity contribution in [3.8, 4) is 11.8 Å². The van der Waals surface area contributed by atoms with E-state index in [1.165, 1.54) is 6.20 Å². The molecule has 1 aromatic heterocycles. The average Bonchev–Trinajstić information content (AvgIpc) is 2.62. The summed E-state index contributed by atoms with van der Waals surface area (Å²) >= 11 is 0. The lowest BCUT2D eigenvalue weighted by Gasteiger charge is -2.05. The standard InChI is InChI=1S/C18H18N4O2/c19-10-16(18(24)22-12-15-2-1-8-20-11-15)13-21-9-7-14-3-5-17(23)6-4-14/h1-6,8,11,13,21,23H,7,9,12H2,(H,22,24)/b16-13-. The first kappa shape index (κ1) is 17.0. The molecular weight excluding hydrogens is 304 g/mol. The molecule has 0 saturated carbocycles. The largest absolute Gasteiger partial charge is 0.508 e. The van der Waals surface area contributed by atoms with Crippen molar-refractivity contribution in [2.24, 2.45) is 0 Å². The second kappa shape index (κ2) is 8.96. The Labute approximate surface area is 140 Å². The Morgan fingerprint density at radius 2 is 2.04 bits per heavy atom. The third-order valence-corrected chi connectivity index (χ3v) is 3.28. The summed E-state index contributed by atoms with van der Waals surface area (Å²) in [5.74, 6) is -0.206. The number of nitrogens with one attached hydrogen (secondary N) is 2. The summed E-state index contributed by atoms with van der Waals surface area (Å²) < 4.78 is 0. The summed E-state index contributed by atoms with van der Waals surface area (Å²) in [4.78, 5) is 15.9. The van der Waals surface area contributed by atoms with Gasteiger partial charge in [0.1, 0.15) is 17.4 Å². The van der Waals surface area contributed by atoms with Gasteiger partial charge in [0.05, 0.1) is 0 Å². The van der Waals surface area contributed by atoms with E-state index in [-0.39, 0.29) is 11.3 Å². The lowest BCUT2D eigenvalue weighted by Crippen LogP contribution is -2.25. The van der Waals surface area contributed by atoms with Crippen molar-refractivity contribution in [3.63, 3.8) is 0 Å². The van der Waals surface area contributed by atoms with E-state index in [4.69, 9.17) is 5.26 Å². The Kier molecular flexibility index (Phi) is 6.35. The van der Waals surface area contributed by atoms with E-state index >= 15 is 0 Å². The number of carbonyl (C=O) groups excluding carboxylic acids is 1. The lowest BCUT2D eigenvalue weighted by atomic mass is 10.1. The minimum Gasteiger partial charge on any atom is -0.508 e. The van der Waals surface area contributed by atoms with E-state index in [0.29, 0.717) is 19.5 Å². The Morgan fingerprint density at radius 3 is 2.71 bits per heavy atom. The van der Waals surface area contributed by atoms with Crippen LogP contribution in [0.15, 0.2) is 60.6 Å². The van der Waals surface area contributed by atoms with Crippen molar-refractivity contribution in [1.29, 1.82) is 5.26 Å². The highest BCUT2D eigenvalue weighted by Crippen LogP contribution is 2.09. The molecule has 0 bridgehead atoms. The van der Waals surface area contributed by atoms with Crippen molar-refractivity contribution in [2.45, 2.75) is 13.0 Å². The number of amides is 1. The van der Waals surface area contributed by atoms with Crippen LogP contribution >= 0.6 is 0 Å². The van der Waals surface area contributed by atoms with Crippen molar-refractivity contribution >= 4 is 5.91 Å². The van der Waals surface area contributed by atoms with Gasteiger partial charge in [0.15, 0.2) is 0 Å². The van der Waals surface area contributed by atoms with Gasteiger partial charge in [-0.25, -0.2) is 0 Å². The van der Waals surface area contributed by atoms with Crippen LogP contribution in [0.25, 0.3) is 0 Å². The first-order valence-electron chi connectivity index (χ1n) is 7.47. The Hall–Kier alpha value is -3.33. The summed E-state index contributed by atoms with van der Waals surface area (Å²) in [7, 11) is 0. The number of rotatable bonds is 7. The van der Waals surface area contributed by atoms with Crippen LogP contribution in [-0.2, 0) is 17.8 Å². The number of nitrogens with zero attached hydrogens (tertiary/aromatic N) is 2. The highest BCUT2D eigenvalue weighted by Gasteiger charge is 2.08. The summed E-state index contributed by atoms with van der Waals surface area (Å²) in [6.45, 7) is 0.894. The molecule has 3 N–H and O–H groups in total. The molecule has 6 nitrogen and oxygen atoms in total. The Balaban J connectivity index is 1.79. The van der Waals surface area contributed by atoms with Gasteiger partial charge >= 0.3 is 0 Å². The van der Waals surface area contributed by atoms with Crippen LogP contribution in [0.1, 0.15) is 11.1 Å².